The van der Waals surface area contributed by atoms with E-state index in [2.05, 4.69) is 103 Å². The van der Waals surface area contributed by atoms with Crippen LogP contribution in [0.25, 0.3) is 55.9 Å². The summed E-state index contributed by atoms with van der Waals surface area (Å²) in [6, 6.07) is 36.3. The summed E-state index contributed by atoms with van der Waals surface area (Å²) in [6.07, 6.45) is 4.00. The van der Waals surface area contributed by atoms with Crippen molar-refractivity contribution in [3.8, 4) is 55.9 Å². The second-order valence-electron chi connectivity index (χ2n) is 14.1. The largest absolute Gasteiger partial charge is 0.310 e. The molecule has 7 rings (SSSR count). The molecule has 7 aromatic rings. The van der Waals surface area contributed by atoms with Gasteiger partial charge in [-0.3, -0.25) is 14.5 Å². The summed E-state index contributed by atoms with van der Waals surface area (Å²) in [5.74, 6) is 0.550. The van der Waals surface area contributed by atoms with Crippen LogP contribution in [0.5, 0.6) is 0 Å². The number of hydrogen-bond donors (Lipinski definition) is 2. The molecule has 0 saturated heterocycles. The number of carbonyl (C=O) groups is 1. The van der Waals surface area contributed by atoms with Crippen LogP contribution in [0.4, 0.5) is 11.4 Å². The van der Waals surface area contributed by atoms with Crippen molar-refractivity contribution in [2.75, 3.05) is 4.90 Å². The first kappa shape index (κ1) is 37.3. The second kappa shape index (κ2) is 15.8. The lowest BCUT2D eigenvalue weighted by atomic mass is 9.77. The van der Waals surface area contributed by atoms with Crippen LogP contribution < -0.4 is 10.5 Å². The van der Waals surface area contributed by atoms with Gasteiger partial charge in [0.2, 0.25) is 5.91 Å². The van der Waals surface area contributed by atoms with Gasteiger partial charge in [0.05, 0.1) is 21.1 Å². The van der Waals surface area contributed by atoms with Crippen molar-refractivity contribution in [3.63, 3.8) is 0 Å². The molecule has 0 radical (unpaired) electrons. The number of aryl methyl sites for hydroxylation is 2. The van der Waals surface area contributed by atoms with Crippen LogP contribution in [0, 0.1) is 13.8 Å². The zero-order chi connectivity index (χ0) is 38.7. The van der Waals surface area contributed by atoms with Crippen molar-refractivity contribution in [2.45, 2.75) is 58.2 Å². The zero-order valence-corrected chi connectivity index (χ0v) is 33.1. The minimum absolute atomic E-state index is 0.224. The van der Waals surface area contributed by atoms with Gasteiger partial charge in [0, 0.05) is 23.0 Å². The van der Waals surface area contributed by atoms with Gasteiger partial charge in [-0.25, -0.2) is 10.1 Å². The quantitative estimate of drug-likeness (QED) is 0.126. The molecule has 276 valence electrons. The Kier molecular flexibility index (Phi) is 10.7. The molecule has 0 bridgehead atoms. The number of aromatic amines is 2. The third-order valence-corrected chi connectivity index (χ3v) is 10.1. The van der Waals surface area contributed by atoms with Gasteiger partial charge in [0.1, 0.15) is 5.82 Å². The van der Waals surface area contributed by atoms with E-state index in [0.717, 1.165) is 57.3 Å². The van der Waals surface area contributed by atoms with Crippen LogP contribution in [0.1, 0.15) is 50.6 Å². The van der Waals surface area contributed by atoms with Crippen LogP contribution in [-0.4, -0.2) is 40.8 Å². The minimum atomic E-state index is -1.02. The molecule has 0 aliphatic rings. The van der Waals surface area contributed by atoms with Gasteiger partial charge in [-0.05, 0) is 102 Å². The maximum atomic E-state index is 15.3. The number of aromatic nitrogens is 6. The highest BCUT2D eigenvalue weighted by atomic mass is 79.9. The first-order chi connectivity index (χ1) is 26.6. The number of hydrogen-bond acceptors (Lipinski definition) is 6. The Hall–Kier alpha value is -6.00. The van der Waals surface area contributed by atoms with Gasteiger partial charge in [-0.15, -0.1) is 5.10 Å². The maximum absolute atomic E-state index is 15.3. The Morgan fingerprint density at radius 1 is 0.764 bits per heavy atom. The number of rotatable bonds is 11. The average Bonchev–Trinajstić information content (AvgIpc) is 3.72. The molecule has 9 nitrogen and oxygen atoms in total. The second-order valence-corrected chi connectivity index (χ2v) is 16.1. The molecule has 0 atom stereocenters. The number of carbonyl (C=O) groups excluding carboxylic acids is 1. The molecule has 0 spiro atoms. The molecular weight excluding hydrogens is 750 g/mol. The Labute approximate surface area is 329 Å². The monoisotopic (exact) mass is 791 g/mol. The molecule has 0 unspecified atom stereocenters. The third kappa shape index (κ3) is 7.29. The molecule has 55 heavy (non-hydrogen) atoms. The summed E-state index contributed by atoms with van der Waals surface area (Å²) >= 11 is 3.75. The highest BCUT2D eigenvalue weighted by molar-refractivity contribution is 9.10. The Bertz CT molecular complexity index is 2510. The number of unbranched alkanes of at least 4 members (excludes halogenated alkanes) is 1. The molecule has 0 aliphatic heterocycles. The number of benzene rings is 5. The van der Waals surface area contributed by atoms with Crippen LogP contribution in [0.15, 0.2) is 120 Å². The third-order valence-electron chi connectivity index (χ3n) is 9.75. The van der Waals surface area contributed by atoms with Crippen molar-refractivity contribution in [1.29, 1.82) is 0 Å². The zero-order valence-electron chi connectivity index (χ0n) is 31.5. The van der Waals surface area contributed by atoms with Crippen LogP contribution in [0.2, 0.25) is 0 Å². The standard InChI is InChI=1S/C45H42BrN7O2/c1-6-7-25-34-37(31-21-13-9-14-22-31)39(35-27-47-29(3)48-43(35)54)40(42-49-51-52-50-42)41(53(44(55)45(4,5)46)32-23-15-10-16-24-32)38(34)33-26-17-18-28(2)36(33)30-19-11-8-12-20-30/h8-24,26-27H,6-7,25H2,1-5H3,(H,47,48,54)(H,49,50,51,52). The lowest BCUT2D eigenvalue weighted by Gasteiger charge is -2.35. The van der Waals surface area contributed by atoms with Gasteiger partial charge >= 0.3 is 0 Å². The van der Waals surface area contributed by atoms with Gasteiger partial charge < -0.3 is 4.98 Å². The van der Waals surface area contributed by atoms with E-state index in [1.165, 1.54) is 0 Å². The Morgan fingerprint density at radius 2 is 1.40 bits per heavy atom. The van der Waals surface area contributed by atoms with Crippen molar-refractivity contribution in [2.24, 2.45) is 0 Å². The molecule has 1 amide bonds. The first-order valence-electron chi connectivity index (χ1n) is 18.4. The summed E-state index contributed by atoms with van der Waals surface area (Å²) in [4.78, 5) is 38.9. The number of H-pyrrole nitrogens is 2. The number of anilines is 2. The number of nitrogens with one attached hydrogen (secondary N) is 2. The predicted octanol–water partition coefficient (Wildman–Crippen LogP) is 10.4. The fourth-order valence-corrected chi connectivity index (χ4v) is 7.49. The van der Waals surface area contributed by atoms with Crippen molar-refractivity contribution >= 4 is 33.2 Å². The first-order valence-corrected chi connectivity index (χ1v) is 19.2. The molecule has 10 heteroatoms. The number of halogens is 1. The predicted molar refractivity (Wildman–Crippen MR) is 224 cm³/mol. The fourth-order valence-electron chi connectivity index (χ4n) is 7.31. The Morgan fingerprint density at radius 3 is 1.98 bits per heavy atom. The van der Waals surface area contributed by atoms with E-state index < -0.39 is 4.32 Å². The summed E-state index contributed by atoms with van der Waals surface area (Å²) in [5, 5.41) is 15.7. The lowest BCUT2D eigenvalue weighted by Crippen LogP contribution is -2.39. The molecule has 5 aromatic carbocycles. The fraction of sp³-hybridized carbons (Fsp3) is 0.200. The van der Waals surface area contributed by atoms with Gasteiger partial charge in [0.25, 0.3) is 5.56 Å². The summed E-state index contributed by atoms with van der Waals surface area (Å²) in [5.41, 5.74) is 9.89. The van der Waals surface area contributed by atoms with Crippen LogP contribution in [-0.2, 0) is 11.2 Å². The van der Waals surface area contributed by atoms with Crippen molar-refractivity contribution < 1.29 is 4.79 Å². The Balaban J connectivity index is 1.84. The van der Waals surface area contributed by atoms with Gasteiger partial charge in [-0.2, -0.15) is 0 Å². The molecule has 2 aromatic heterocycles. The molecular formula is C45H42BrN7O2. The highest BCUT2D eigenvalue weighted by Gasteiger charge is 2.39. The number of tetrazole rings is 1. The number of alkyl halides is 1. The minimum Gasteiger partial charge on any atom is -0.310 e. The van der Waals surface area contributed by atoms with Crippen LogP contribution in [0.3, 0.4) is 0 Å². The van der Waals surface area contributed by atoms with E-state index >= 15 is 4.79 Å². The highest BCUT2D eigenvalue weighted by Crippen LogP contribution is 2.55. The number of para-hydroxylation sites is 1. The lowest BCUT2D eigenvalue weighted by molar-refractivity contribution is -0.119. The smallest absolute Gasteiger partial charge is 0.258 e. The summed E-state index contributed by atoms with van der Waals surface area (Å²) in [7, 11) is 0. The van der Waals surface area contributed by atoms with Crippen LogP contribution >= 0.6 is 15.9 Å². The molecule has 0 aliphatic carbocycles. The van der Waals surface area contributed by atoms with E-state index in [1.807, 2.05) is 80.6 Å². The van der Waals surface area contributed by atoms with Gasteiger partial charge in [-0.1, -0.05) is 126 Å². The van der Waals surface area contributed by atoms with E-state index in [1.54, 1.807) is 18.0 Å². The number of amides is 1. The van der Waals surface area contributed by atoms with Crippen molar-refractivity contribution in [1.82, 2.24) is 30.6 Å². The number of nitrogens with zero attached hydrogens (tertiary/aromatic N) is 5. The van der Waals surface area contributed by atoms with Crippen molar-refractivity contribution in [3.05, 3.63) is 143 Å². The average molecular weight is 793 g/mol. The van der Waals surface area contributed by atoms with Gasteiger partial charge in [0.15, 0.2) is 5.82 Å². The molecule has 2 N–H and O–H groups in total. The van der Waals surface area contributed by atoms with E-state index in [-0.39, 0.29) is 11.5 Å². The normalized spacial score (nSPS) is 11.5. The molecule has 0 fully saturated rings. The summed E-state index contributed by atoms with van der Waals surface area (Å²) < 4.78 is -1.02. The maximum Gasteiger partial charge on any atom is 0.258 e. The SMILES string of the molecule is CCCCc1c(-c2ccccc2)c(-c2cnc(C)[nH]c2=O)c(-c2nnn[nH]2)c(N(C(=O)C(C)(C)Br)c2ccccc2)c1-c1cccc(C)c1-c1ccccc1. The van der Waals surface area contributed by atoms with E-state index in [4.69, 9.17) is 0 Å². The van der Waals surface area contributed by atoms with E-state index in [9.17, 15) is 4.79 Å². The summed E-state index contributed by atoms with van der Waals surface area (Å²) in [6.45, 7) is 9.72. The topological polar surface area (TPSA) is 121 Å². The molecule has 2 heterocycles. The molecule has 0 saturated carbocycles. The van der Waals surface area contributed by atoms with E-state index in [0.29, 0.717) is 46.1 Å².